The van der Waals surface area contributed by atoms with Gasteiger partial charge in [-0.15, -0.1) is 0 Å². The molecule has 0 heterocycles. The molecule has 0 spiro atoms. The van der Waals surface area contributed by atoms with Crippen LogP contribution in [0.1, 0.15) is 44.6 Å². The first-order valence-electron chi connectivity index (χ1n) is 6.15. The second-order valence-corrected chi connectivity index (χ2v) is 4.07. The summed E-state index contributed by atoms with van der Waals surface area (Å²) >= 11 is 0. The Morgan fingerprint density at radius 2 is 2.00 bits per heavy atom. The number of para-hydroxylation sites is 1. The molecule has 0 radical (unpaired) electrons. The largest absolute Gasteiger partial charge is 0.276 e. The zero-order valence-corrected chi connectivity index (χ0v) is 10.3. The van der Waals surface area contributed by atoms with Crippen molar-refractivity contribution in [3.8, 4) is 0 Å². The third-order valence-electron chi connectivity index (χ3n) is 2.66. The summed E-state index contributed by atoms with van der Waals surface area (Å²) in [5.41, 5.74) is 0.866. The number of hydrogen-bond acceptors (Lipinski definition) is 2. The standard InChI is InChI=1S/C14H19NO2/c1-2-3-4-5-6-7-10-13-11-8-9-12-14(13)15(16)17/h7-12H,2-6H2,1H3/b10-7-. The van der Waals surface area contributed by atoms with E-state index in [2.05, 4.69) is 6.92 Å². The van der Waals surface area contributed by atoms with Gasteiger partial charge in [-0.05, 0) is 18.9 Å². The van der Waals surface area contributed by atoms with Gasteiger partial charge in [0, 0.05) is 6.07 Å². The normalized spacial score (nSPS) is 10.9. The Balaban J connectivity index is 2.50. The van der Waals surface area contributed by atoms with Crippen LogP contribution in [0.2, 0.25) is 0 Å². The number of allylic oxidation sites excluding steroid dienone is 1. The summed E-state index contributed by atoms with van der Waals surface area (Å²) in [6.45, 7) is 2.18. The van der Waals surface area contributed by atoms with E-state index in [-0.39, 0.29) is 10.6 Å². The summed E-state index contributed by atoms with van der Waals surface area (Å²) in [5, 5.41) is 10.8. The molecule has 0 aromatic heterocycles. The van der Waals surface area contributed by atoms with Gasteiger partial charge >= 0.3 is 0 Å². The summed E-state index contributed by atoms with van der Waals surface area (Å²) in [7, 11) is 0. The molecule has 3 heteroatoms. The Labute approximate surface area is 102 Å². The van der Waals surface area contributed by atoms with Crippen molar-refractivity contribution in [2.24, 2.45) is 0 Å². The molecule has 0 N–H and O–H groups in total. The molecule has 3 nitrogen and oxygen atoms in total. The fourth-order valence-corrected chi connectivity index (χ4v) is 1.69. The number of unbranched alkanes of at least 4 members (excludes halogenated alkanes) is 4. The van der Waals surface area contributed by atoms with Crippen LogP contribution in [0, 0.1) is 10.1 Å². The maximum atomic E-state index is 10.8. The monoisotopic (exact) mass is 233 g/mol. The molecule has 92 valence electrons. The van der Waals surface area contributed by atoms with Gasteiger partial charge in [-0.2, -0.15) is 0 Å². The second kappa shape index (κ2) is 7.60. The lowest BCUT2D eigenvalue weighted by Gasteiger charge is -1.97. The third-order valence-corrected chi connectivity index (χ3v) is 2.66. The first-order chi connectivity index (χ1) is 8.25. The number of nitro groups is 1. The van der Waals surface area contributed by atoms with E-state index in [9.17, 15) is 10.1 Å². The van der Waals surface area contributed by atoms with E-state index in [0.717, 1.165) is 12.8 Å². The highest BCUT2D eigenvalue weighted by atomic mass is 16.6. The van der Waals surface area contributed by atoms with Crippen molar-refractivity contribution in [1.82, 2.24) is 0 Å². The molecule has 0 bridgehead atoms. The van der Waals surface area contributed by atoms with Crippen molar-refractivity contribution >= 4 is 11.8 Å². The van der Waals surface area contributed by atoms with Crippen LogP contribution < -0.4 is 0 Å². The van der Waals surface area contributed by atoms with Gasteiger partial charge in [0.1, 0.15) is 0 Å². The minimum atomic E-state index is -0.337. The molecule has 1 rings (SSSR count). The van der Waals surface area contributed by atoms with Crippen LogP contribution in [0.4, 0.5) is 5.69 Å². The van der Waals surface area contributed by atoms with Gasteiger partial charge in [0.2, 0.25) is 0 Å². The highest BCUT2D eigenvalue weighted by Crippen LogP contribution is 2.19. The van der Waals surface area contributed by atoms with Crippen LogP contribution in [-0.2, 0) is 0 Å². The van der Waals surface area contributed by atoms with E-state index in [4.69, 9.17) is 0 Å². The van der Waals surface area contributed by atoms with Crippen LogP contribution in [0.3, 0.4) is 0 Å². The highest BCUT2D eigenvalue weighted by Gasteiger charge is 2.08. The Morgan fingerprint density at radius 3 is 2.71 bits per heavy atom. The van der Waals surface area contributed by atoms with Crippen LogP contribution in [-0.4, -0.2) is 4.92 Å². The molecule has 17 heavy (non-hydrogen) atoms. The Hall–Kier alpha value is -1.64. The average Bonchev–Trinajstić information content (AvgIpc) is 2.34. The van der Waals surface area contributed by atoms with Crippen molar-refractivity contribution in [3.05, 3.63) is 46.0 Å². The van der Waals surface area contributed by atoms with E-state index in [1.165, 1.54) is 25.3 Å². The van der Waals surface area contributed by atoms with Crippen LogP contribution >= 0.6 is 0 Å². The van der Waals surface area contributed by atoms with Crippen molar-refractivity contribution < 1.29 is 4.92 Å². The smallest absolute Gasteiger partial charge is 0.258 e. The van der Waals surface area contributed by atoms with Gasteiger partial charge in [-0.3, -0.25) is 10.1 Å². The molecule has 0 aliphatic heterocycles. The topological polar surface area (TPSA) is 43.1 Å². The molecule has 0 unspecified atom stereocenters. The third kappa shape index (κ3) is 4.81. The molecule has 0 fully saturated rings. The van der Waals surface area contributed by atoms with E-state index in [1.54, 1.807) is 12.1 Å². The molecular weight excluding hydrogens is 214 g/mol. The molecule has 1 aromatic rings. The molecule has 0 aliphatic carbocycles. The van der Waals surface area contributed by atoms with E-state index >= 15 is 0 Å². The molecule has 0 saturated carbocycles. The van der Waals surface area contributed by atoms with Gasteiger partial charge < -0.3 is 0 Å². The van der Waals surface area contributed by atoms with E-state index < -0.39 is 0 Å². The fourth-order valence-electron chi connectivity index (χ4n) is 1.69. The van der Waals surface area contributed by atoms with Crippen LogP contribution in [0.15, 0.2) is 30.3 Å². The number of rotatable bonds is 7. The van der Waals surface area contributed by atoms with Gasteiger partial charge in [-0.1, -0.05) is 50.5 Å². The zero-order valence-electron chi connectivity index (χ0n) is 10.3. The van der Waals surface area contributed by atoms with Gasteiger partial charge in [0.05, 0.1) is 10.5 Å². The summed E-state index contributed by atoms with van der Waals surface area (Å²) in [4.78, 5) is 10.4. The number of hydrogen-bond donors (Lipinski definition) is 0. The fraction of sp³-hybridized carbons (Fsp3) is 0.429. The van der Waals surface area contributed by atoms with Gasteiger partial charge in [-0.25, -0.2) is 0 Å². The van der Waals surface area contributed by atoms with Crippen molar-refractivity contribution in [2.75, 3.05) is 0 Å². The molecule has 1 aromatic carbocycles. The van der Waals surface area contributed by atoms with Crippen LogP contribution in [0.5, 0.6) is 0 Å². The molecule has 0 amide bonds. The molecular formula is C14H19NO2. The first kappa shape index (κ1) is 13.4. The van der Waals surface area contributed by atoms with Crippen LogP contribution in [0.25, 0.3) is 6.08 Å². The molecule has 0 atom stereocenters. The van der Waals surface area contributed by atoms with Crippen molar-refractivity contribution in [3.63, 3.8) is 0 Å². The Morgan fingerprint density at radius 1 is 1.24 bits per heavy atom. The lowest BCUT2D eigenvalue weighted by molar-refractivity contribution is -0.385. The number of nitro benzene ring substituents is 1. The van der Waals surface area contributed by atoms with E-state index in [0.29, 0.717) is 5.56 Å². The number of benzene rings is 1. The maximum absolute atomic E-state index is 10.8. The van der Waals surface area contributed by atoms with Crippen molar-refractivity contribution in [1.29, 1.82) is 0 Å². The van der Waals surface area contributed by atoms with Gasteiger partial charge in [0.25, 0.3) is 5.69 Å². The average molecular weight is 233 g/mol. The lowest BCUT2D eigenvalue weighted by atomic mass is 10.1. The lowest BCUT2D eigenvalue weighted by Crippen LogP contribution is -1.90. The highest BCUT2D eigenvalue weighted by molar-refractivity contribution is 5.60. The zero-order chi connectivity index (χ0) is 12.5. The predicted molar refractivity (Wildman–Crippen MR) is 70.9 cm³/mol. The maximum Gasteiger partial charge on any atom is 0.276 e. The molecule has 0 aliphatic rings. The minimum Gasteiger partial charge on any atom is -0.258 e. The van der Waals surface area contributed by atoms with Gasteiger partial charge in [0.15, 0.2) is 0 Å². The Kier molecular flexibility index (Phi) is 6.00. The summed E-state index contributed by atoms with van der Waals surface area (Å²) < 4.78 is 0. The first-order valence-corrected chi connectivity index (χ1v) is 6.15. The Bertz CT molecular complexity index is 386. The van der Waals surface area contributed by atoms with E-state index in [1.807, 2.05) is 18.2 Å². The SMILES string of the molecule is CCCCCC/C=C\c1ccccc1[N+](=O)[O-]. The quantitative estimate of drug-likeness (QED) is 0.393. The minimum absolute atomic E-state index is 0.178. The summed E-state index contributed by atoms with van der Waals surface area (Å²) in [6.07, 6.45) is 9.75. The summed E-state index contributed by atoms with van der Waals surface area (Å²) in [5.74, 6) is 0. The summed E-state index contributed by atoms with van der Waals surface area (Å²) in [6, 6.07) is 6.83. The predicted octanol–water partition coefficient (Wildman–Crippen LogP) is 4.58. The van der Waals surface area contributed by atoms with Crippen molar-refractivity contribution in [2.45, 2.75) is 39.0 Å². The second-order valence-electron chi connectivity index (χ2n) is 4.07. The molecule has 0 saturated heterocycles. The number of nitrogens with zero attached hydrogens (tertiary/aromatic N) is 1.